The number of aromatic amines is 1. The number of carbonyl (C=O) groups is 1. The lowest BCUT2D eigenvalue weighted by atomic mass is 10.1. The molecule has 4 aromatic rings. The summed E-state index contributed by atoms with van der Waals surface area (Å²) in [5, 5.41) is 7.75. The molecule has 0 bridgehead atoms. The first-order valence-electron chi connectivity index (χ1n) is 12.0. The van der Waals surface area contributed by atoms with Crippen molar-refractivity contribution in [2.24, 2.45) is 0 Å². The topological polar surface area (TPSA) is 123 Å². The highest BCUT2D eigenvalue weighted by Gasteiger charge is 2.23. The van der Waals surface area contributed by atoms with Gasteiger partial charge in [0, 0.05) is 11.9 Å². The van der Waals surface area contributed by atoms with Gasteiger partial charge >= 0.3 is 5.97 Å². The minimum absolute atomic E-state index is 0.0933. The molecule has 0 radical (unpaired) electrons. The molecule has 0 saturated heterocycles. The number of hydrogen-bond donors (Lipinski definition) is 2. The number of ether oxygens (including phenoxy) is 2. The van der Waals surface area contributed by atoms with Crippen LogP contribution >= 0.6 is 11.8 Å². The van der Waals surface area contributed by atoms with Crippen LogP contribution < -0.4 is 9.46 Å². The Balaban J connectivity index is 1.57. The molecule has 9 nitrogen and oxygen atoms in total. The fourth-order valence-electron chi connectivity index (χ4n) is 3.55. The van der Waals surface area contributed by atoms with Gasteiger partial charge in [-0.15, -0.1) is 0 Å². The van der Waals surface area contributed by atoms with Crippen molar-refractivity contribution >= 4 is 33.6 Å². The summed E-state index contributed by atoms with van der Waals surface area (Å²) in [5.74, 6) is 0.894. The quantitative estimate of drug-likeness (QED) is 0.134. The average molecular weight is 553 g/mol. The molecular weight excluding hydrogens is 524 g/mol. The summed E-state index contributed by atoms with van der Waals surface area (Å²) in [4.78, 5) is 16.4. The maximum Gasteiger partial charge on any atom is 0.337 e. The smallest absolute Gasteiger partial charge is 0.337 e. The predicted octanol–water partition coefficient (Wildman–Crippen LogP) is 5.53. The van der Waals surface area contributed by atoms with Crippen molar-refractivity contribution in [3.05, 3.63) is 84.1 Å². The van der Waals surface area contributed by atoms with Crippen LogP contribution in [0.3, 0.4) is 0 Å². The van der Waals surface area contributed by atoms with Gasteiger partial charge in [0.2, 0.25) is 0 Å². The second-order valence-electron chi connectivity index (χ2n) is 8.25. The summed E-state index contributed by atoms with van der Waals surface area (Å²) in [7, 11) is -2.58. The molecule has 0 amide bonds. The van der Waals surface area contributed by atoms with Crippen LogP contribution in [0.5, 0.6) is 5.75 Å². The number of unbranched alkanes of at least 4 members (excludes halogenated alkanes) is 1. The number of carbonyl (C=O) groups excluding carboxylic acids is 1. The molecule has 38 heavy (non-hydrogen) atoms. The summed E-state index contributed by atoms with van der Waals surface area (Å²) in [6.45, 7) is 2.65. The van der Waals surface area contributed by atoms with Crippen molar-refractivity contribution in [3.63, 3.8) is 0 Å². The van der Waals surface area contributed by atoms with Gasteiger partial charge < -0.3 is 9.47 Å². The van der Waals surface area contributed by atoms with Gasteiger partial charge in [-0.05, 0) is 60.5 Å². The SMILES string of the molecule is CCCCOc1ccc(S(=O)(=O)Nc2[nH]nc(SCc3cccc(C(=O)OC)c3)c2-c2ccccn2)cc1. The number of sulfonamides is 1. The molecule has 0 saturated carbocycles. The van der Waals surface area contributed by atoms with E-state index in [0.29, 0.717) is 40.0 Å². The Bertz CT molecular complexity index is 1470. The second-order valence-corrected chi connectivity index (χ2v) is 10.9. The summed E-state index contributed by atoms with van der Waals surface area (Å²) in [5.41, 5.74) is 2.43. The number of esters is 1. The maximum atomic E-state index is 13.2. The fourth-order valence-corrected chi connectivity index (χ4v) is 5.53. The number of aromatic nitrogens is 3. The van der Waals surface area contributed by atoms with Crippen molar-refractivity contribution < 1.29 is 22.7 Å². The normalized spacial score (nSPS) is 11.2. The number of nitrogens with zero attached hydrogens (tertiary/aromatic N) is 2. The Hall–Kier alpha value is -3.83. The van der Waals surface area contributed by atoms with Gasteiger partial charge in [0.05, 0.1) is 35.4 Å². The summed E-state index contributed by atoms with van der Waals surface area (Å²) >= 11 is 1.39. The van der Waals surface area contributed by atoms with Crippen LogP contribution in [0.2, 0.25) is 0 Å². The monoisotopic (exact) mass is 552 g/mol. The third kappa shape index (κ3) is 6.73. The maximum absolute atomic E-state index is 13.2. The molecule has 2 N–H and O–H groups in total. The predicted molar refractivity (Wildman–Crippen MR) is 147 cm³/mol. The zero-order chi connectivity index (χ0) is 27.0. The highest BCUT2D eigenvalue weighted by atomic mass is 32.2. The molecule has 198 valence electrons. The van der Waals surface area contributed by atoms with Crippen LogP contribution in [0.4, 0.5) is 5.82 Å². The molecule has 0 aliphatic carbocycles. The molecule has 0 unspecified atom stereocenters. The zero-order valence-corrected chi connectivity index (χ0v) is 22.6. The van der Waals surface area contributed by atoms with E-state index in [1.165, 1.54) is 31.0 Å². The number of hydrogen-bond acceptors (Lipinski definition) is 8. The highest BCUT2D eigenvalue weighted by molar-refractivity contribution is 7.98. The number of methoxy groups -OCH3 is 1. The first-order valence-corrected chi connectivity index (χ1v) is 14.4. The van der Waals surface area contributed by atoms with Crippen molar-refractivity contribution in [2.45, 2.75) is 35.4 Å². The van der Waals surface area contributed by atoms with Gasteiger partial charge in [-0.25, -0.2) is 13.2 Å². The van der Waals surface area contributed by atoms with E-state index in [4.69, 9.17) is 9.47 Å². The van der Waals surface area contributed by atoms with E-state index in [1.54, 1.807) is 48.7 Å². The van der Waals surface area contributed by atoms with Crippen molar-refractivity contribution in [1.82, 2.24) is 15.2 Å². The Kier molecular flexibility index (Phi) is 9.03. The lowest BCUT2D eigenvalue weighted by molar-refractivity contribution is 0.0600. The standard InChI is InChI=1S/C27H28N4O5S2/c1-3-4-16-36-21-11-13-22(14-12-21)38(33,34)31-25-24(23-10-5-6-15-28-23)26(30-29-25)37-18-19-8-7-9-20(17-19)27(32)35-2/h5-15,17H,3-4,16,18H2,1-2H3,(H2,29,30,31). The van der Waals surface area contributed by atoms with Crippen molar-refractivity contribution in [3.8, 4) is 17.0 Å². The molecule has 0 fully saturated rings. The number of H-pyrrole nitrogens is 1. The average Bonchev–Trinajstić information content (AvgIpc) is 3.34. The van der Waals surface area contributed by atoms with E-state index in [9.17, 15) is 13.2 Å². The van der Waals surface area contributed by atoms with Crippen LogP contribution in [0.15, 0.2) is 82.8 Å². The Labute approximate surface area is 226 Å². The highest BCUT2D eigenvalue weighted by Crippen LogP contribution is 2.37. The number of nitrogens with one attached hydrogen (secondary N) is 2. The Morgan fingerprint density at radius 1 is 1.08 bits per heavy atom. The van der Waals surface area contributed by atoms with E-state index >= 15 is 0 Å². The number of thioether (sulfide) groups is 1. The minimum atomic E-state index is -3.92. The molecule has 0 aliphatic heterocycles. The van der Waals surface area contributed by atoms with Crippen LogP contribution in [-0.2, 0) is 20.5 Å². The van der Waals surface area contributed by atoms with Gasteiger partial charge in [0.25, 0.3) is 10.0 Å². The molecule has 11 heteroatoms. The third-order valence-electron chi connectivity index (χ3n) is 5.51. The molecular formula is C27H28N4O5S2. The van der Waals surface area contributed by atoms with Gasteiger partial charge in [0.15, 0.2) is 0 Å². The van der Waals surface area contributed by atoms with E-state index in [0.717, 1.165) is 18.4 Å². The van der Waals surface area contributed by atoms with Gasteiger partial charge in [-0.3, -0.25) is 14.8 Å². The van der Waals surface area contributed by atoms with Crippen LogP contribution in [0.1, 0.15) is 35.7 Å². The Morgan fingerprint density at radius 2 is 1.89 bits per heavy atom. The van der Waals surface area contributed by atoms with Crippen molar-refractivity contribution in [1.29, 1.82) is 0 Å². The first-order chi connectivity index (χ1) is 18.4. The van der Waals surface area contributed by atoms with E-state index < -0.39 is 16.0 Å². The summed E-state index contributed by atoms with van der Waals surface area (Å²) in [6.07, 6.45) is 3.57. The first kappa shape index (κ1) is 27.2. The molecule has 0 aliphatic rings. The lowest BCUT2D eigenvalue weighted by Crippen LogP contribution is -2.14. The van der Waals surface area contributed by atoms with Gasteiger partial charge in [-0.2, -0.15) is 5.10 Å². The second kappa shape index (κ2) is 12.6. The molecule has 4 rings (SSSR count). The number of rotatable bonds is 12. The van der Waals surface area contributed by atoms with E-state index in [-0.39, 0.29) is 10.7 Å². The molecule has 2 aromatic heterocycles. The van der Waals surface area contributed by atoms with Crippen LogP contribution in [0, 0.1) is 0 Å². The number of pyridine rings is 1. The van der Waals surface area contributed by atoms with Crippen molar-refractivity contribution in [2.75, 3.05) is 18.4 Å². The lowest BCUT2D eigenvalue weighted by Gasteiger charge is -2.10. The number of anilines is 1. The fraction of sp³-hybridized carbons (Fsp3) is 0.222. The third-order valence-corrected chi connectivity index (χ3v) is 7.93. The summed E-state index contributed by atoms with van der Waals surface area (Å²) < 4.78 is 39.5. The molecule has 2 heterocycles. The Morgan fingerprint density at radius 3 is 2.61 bits per heavy atom. The van der Waals surface area contributed by atoms with E-state index in [1.807, 2.05) is 12.1 Å². The largest absolute Gasteiger partial charge is 0.494 e. The zero-order valence-electron chi connectivity index (χ0n) is 21.0. The minimum Gasteiger partial charge on any atom is -0.494 e. The van der Waals surface area contributed by atoms with Gasteiger partial charge in [-0.1, -0.05) is 43.3 Å². The molecule has 0 atom stereocenters. The summed E-state index contributed by atoms with van der Waals surface area (Å²) in [6, 6.07) is 18.8. The van der Waals surface area contributed by atoms with Crippen LogP contribution in [0.25, 0.3) is 11.3 Å². The van der Waals surface area contributed by atoms with Crippen LogP contribution in [-0.4, -0.2) is 43.3 Å². The van der Waals surface area contributed by atoms with E-state index in [2.05, 4.69) is 26.8 Å². The van der Waals surface area contributed by atoms with Gasteiger partial charge in [0.1, 0.15) is 16.6 Å². The molecule has 0 spiro atoms. The molecule has 2 aromatic carbocycles. The number of benzene rings is 2.